The molecule has 1 unspecified atom stereocenters. The van der Waals surface area contributed by atoms with E-state index >= 15 is 0 Å². The summed E-state index contributed by atoms with van der Waals surface area (Å²) in [6.45, 7) is 7.76. The number of ether oxygens (including phenoxy) is 3. The maximum atomic E-state index is 12.5. The molecule has 0 N–H and O–H groups in total. The molecule has 0 fully saturated rings. The molecular weight excluding hydrogens is 500 g/mol. The molecular formula is C35H68O5. The normalized spacial score (nSPS) is 12.0. The van der Waals surface area contributed by atoms with Gasteiger partial charge in [-0.05, 0) is 19.3 Å². The van der Waals surface area contributed by atoms with E-state index in [4.69, 9.17) is 14.2 Å². The quantitative estimate of drug-likeness (QED) is 0.0596. The van der Waals surface area contributed by atoms with E-state index in [9.17, 15) is 9.59 Å². The van der Waals surface area contributed by atoms with Crippen LogP contribution in [0.15, 0.2) is 0 Å². The van der Waals surface area contributed by atoms with Crippen molar-refractivity contribution in [3.05, 3.63) is 0 Å². The van der Waals surface area contributed by atoms with Gasteiger partial charge in [-0.15, -0.1) is 0 Å². The lowest BCUT2D eigenvalue weighted by Gasteiger charge is -2.18. The smallest absolute Gasteiger partial charge is 0.306 e. The van der Waals surface area contributed by atoms with E-state index in [1.54, 1.807) is 0 Å². The fourth-order valence-electron chi connectivity index (χ4n) is 4.98. The second-order valence-corrected chi connectivity index (χ2v) is 11.8. The summed E-state index contributed by atoms with van der Waals surface area (Å²) in [5.74, 6) is -0.398. The lowest BCUT2D eigenvalue weighted by molar-refractivity contribution is -0.163. The summed E-state index contributed by atoms with van der Waals surface area (Å²) in [6.07, 6.45) is 29.5. The van der Waals surface area contributed by atoms with Gasteiger partial charge in [0.2, 0.25) is 0 Å². The molecule has 0 aromatic carbocycles. The standard InChI is InChI=1S/C35H68O5/c1-4-7-10-13-16-18-20-22-25-28-34(36)39-32-33(31-38-30-27-24-15-12-9-6-3)40-35(37)29-26-23-21-19-17-14-11-8-5-2/h33H,4-32H2,1-3H3. The zero-order valence-corrected chi connectivity index (χ0v) is 27.1. The molecule has 5 heteroatoms. The summed E-state index contributed by atoms with van der Waals surface area (Å²) < 4.78 is 17.0. The van der Waals surface area contributed by atoms with Crippen molar-refractivity contribution in [3.8, 4) is 0 Å². The Labute approximate surface area is 249 Å². The second kappa shape index (κ2) is 32.4. The number of unbranched alkanes of at least 4 members (excludes halogenated alkanes) is 21. The molecule has 40 heavy (non-hydrogen) atoms. The SMILES string of the molecule is CCCCCCCCCCCC(=O)OCC(COCCCCCCCC)OC(=O)CCCCCCCCCCC. The van der Waals surface area contributed by atoms with Crippen molar-refractivity contribution in [2.75, 3.05) is 19.8 Å². The van der Waals surface area contributed by atoms with E-state index in [2.05, 4.69) is 20.8 Å². The molecule has 0 heterocycles. The number of carbonyl (C=O) groups excluding carboxylic acids is 2. The summed E-state index contributed by atoms with van der Waals surface area (Å²) in [5.41, 5.74) is 0. The first-order valence-corrected chi connectivity index (χ1v) is 17.6. The van der Waals surface area contributed by atoms with Crippen LogP contribution in [0.1, 0.15) is 188 Å². The van der Waals surface area contributed by atoms with Crippen LogP contribution in [0.4, 0.5) is 0 Å². The fourth-order valence-corrected chi connectivity index (χ4v) is 4.98. The van der Waals surface area contributed by atoms with Gasteiger partial charge < -0.3 is 14.2 Å². The van der Waals surface area contributed by atoms with Crippen molar-refractivity contribution < 1.29 is 23.8 Å². The minimum absolute atomic E-state index is 0.0935. The van der Waals surface area contributed by atoms with Gasteiger partial charge in [0.1, 0.15) is 6.61 Å². The average Bonchev–Trinajstić information content (AvgIpc) is 2.95. The minimum atomic E-state index is -0.516. The monoisotopic (exact) mass is 569 g/mol. The Balaban J connectivity index is 4.17. The highest BCUT2D eigenvalue weighted by Crippen LogP contribution is 2.13. The summed E-state index contributed by atoms with van der Waals surface area (Å²) in [6, 6.07) is 0. The third kappa shape index (κ3) is 29.9. The number of hydrogen-bond acceptors (Lipinski definition) is 5. The van der Waals surface area contributed by atoms with Crippen molar-refractivity contribution in [1.29, 1.82) is 0 Å². The summed E-state index contributed by atoms with van der Waals surface area (Å²) >= 11 is 0. The lowest BCUT2D eigenvalue weighted by atomic mass is 10.1. The van der Waals surface area contributed by atoms with E-state index in [1.165, 1.54) is 116 Å². The van der Waals surface area contributed by atoms with Crippen LogP contribution < -0.4 is 0 Å². The molecule has 0 spiro atoms. The van der Waals surface area contributed by atoms with Crippen LogP contribution in [0.5, 0.6) is 0 Å². The number of rotatable bonds is 32. The molecule has 0 aliphatic rings. The summed E-state index contributed by atoms with van der Waals surface area (Å²) in [5, 5.41) is 0. The first-order valence-electron chi connectivity index (χ1n) is 17.6. The molecule has 0 saturated heterocycles. The largest absolute Gasteiger partial charge is 0.462 e. The van der Waals surface area contributed by atoms with Crippen LogP contribution in [0.25, 0.3) is 0 Å². The van der Waals surface area contributed by atoms with E-state index in [-0.39, 0.29) is 18.5 Å². The van der Waals surface area contributed by atoms with Crippen LogP contribution in [-0.2, 0) is 23.8 Å². The Kier molecular flexibility index (Phi) is 31.5. The predicted molar refractivity (Wildman–Crippen MR) is 169 cm³/mol. The Morgan fingerprint density at radius 1 is 0.450 bits per heavy atom. The molecule has 0 aromatic heterocycles. The van der Waals surface area contributed by atoms with Crippen molar-refractivity contribution >= 4 is 11.9 Å². The average molecular weight is 569 g/mol. The highest BCUT2D eigenvalue weighted by atomic mass is 16.6. The van der Waals surface area contributed by atoms with E-state index in [1.807, 2.05) is 0 Å². The van der Waals surface area contributed by atoms with Crippen LogP contribution in [-0.4, -0.2) is 37.9 Å². The first kappa shape index (κ1) is 38.9. The Morgan fingerprint density at radius 2 is 0.825 bits per heavy atom. The van der Waals surface area contributed by atoms with E-state index < -0.39 is 6.10 Å². The van der Waals surface area contributed by atoms with Crippen molar-refractivity contribution in [3.63, 3.8) is 0 Å². The third-order valence-electron chi connectivity index (χ3n) is 7.64. The van der Waals surface area contributed by atoms with Gasteiger partial charge in [-0.1, -0.05) is 156 Å². The van der Waals surface area contributed by atoms with Crippen molar-refractivity contribution in [1.82, 2.24) is 0 Å². The molecule has 0 aromatic rings. The predicted octanol–water partition coefficient (Wildman–Crippen LogP) is 10.7. The van der Waals surface area contributed by atoms with Crippen molar-refractivity contribution in [2.24, 2.45) is 0 Å². The van der Waals surface area contributed by atoms with Gasteiger partial charge in [0.15, 0.2) is 6.10 Å². The molecule has 0 amide bonds. The molecule has 238 valence electrons. The molecule has 0 aliphatic heterocycles. The van der Waals surface area contributed by atoms with Crippen LogP contribution in [0.3, 0.4) is 0 Å². The second-order valence-electron chi connectivity index (χ2n) is 11.8. The Hall–Kier alpha value is -1.10. The first-order chi connectivity index (χ1) is 19.6. The van der Waals surface area contributed by atoms with Gasteiger partial charge in [0.05, 0.1) is 6.61 Å². The summed E-state index contributed by atoms with van der Waals surface area (Å²) in [4.78, 5) is 24.8. The molecule has 0 radical (unpaired) electrons. The van der Waals surface area contributed by atoms with Gasteiger partial charge >= 0.3 is 11.9 Å². The van der Waals surface area contributed by atoms with Crippen molar-refractivity contribution in [2.45, 2.75) is 194 Å². The van der Waals surface area contributed by atoms with Crippen LogP contribution in [0.2, 0.25) is 0 Å². The van der Waals surface area contributed by atoms with E-state index in [0.717, 1.165) is 38.5 Å². The number of hydrogen-bond donors (Lipinski definition) is 0. The van der Waals surface area contributed by atoms with Gasteiger partial charge in [0.25, 0.3) is 0 Å². The molecule has 5 nitrogen and oxygen atoms in total. The van der Waals surface area contributed by atoms with Gasteiger partial charge in [-0.3, -0.25) is 9.59 Å². The third-order valence-corrected chi connectivity index (χ3v) is 7.64. The topological polar surface area (TPSA) is 61.8 Å². The maximum absolute atomic E-state index is 12.5. The molecule has 0 saturated carbocycles. The molecule has 0 bridgehead atoms. The number of carbonyl (C=O) groups is 2. The lowest BCUT2D eigenvalue weighted by Crippen LogP contribution is -2.30. The van der Waals surface area contributed by atoms with Gasteiger partial charge in [-0.2, -0.15) is 0 Å². The minimum Gasteiger partial charge on any atom is -0.462 e. The van der Waals surface area contributed by atoms with Gasteiger partial charge in [-0.25, -0.2) is 0 Å². The highest BCUT2D eigenvalue weighted by Gasteiger charge is 2.17. The van der Waals surface area contributed by atoms with Crippen LogP contribution >= 0.6 is 0 Å². The van der Waals surface area contributed by atoms with Crippen LogP contribution in [0, 0.1) is 0 Å². The Bertz CT molecular complexity index is 536. The molecule has 1 atom stereocenters. The molecule has 0 aliphatic carbocycles. The van der Waals surface area contributed by atoms with Gasteiger partial charge in [0, 0.05) is 19.4 Å². The number of esters is 2. The maximum Gasteiger partial charge on any atom is 0.306 e. The molecule has 0 rings (SSSR count). The van der Waals surface area contributed by atoms with E-state index in [0.29, 0.717) is 26.1 Å². The fraction of sp³-hybridized carbons (Fsp3) is 0.943. The zero-order valence-electron chi connectivity index (χ0n) is 27.1. The zero-order chi connectivity index (χ0) is 29.4. The highest BCUT2D eigenvalue weighted by molar-refractivity contribution is 5.70. The summed E-state index contributed by atoms with van der Waals surface area (Å²) in [7, 11) is 0. The Morgan fingerprint density at radius 3 is 1.27 bits per heavy atom.